The van der Waals surface area contributed by atoms with Crippen molar-refractivity contribution in [1.29, 1.82) is 0 Å². The number of hydrogen-bond acceptors (Lipinski definition) is 5. The minimum atomic E-state index is -0.682. The molecule has 1 N–H and O–H groups in total. The Kier molecular flexibility index (Phi) is 4.01. The summed E-state index contributed by atoms with van der Waals surface area (Å²) in [5, 5.41) is 23.8. The van der Waals surface area contributed by atoms with Crippen molar-refractivity contribution in [3.8, 4) is 0 Å². The number of non-ortho nitro benzene ring substituents is 1. The summed E-state index contributed by atoms with van der Waals surface area (Å²) in [6.45, 7) is 0.347. The molecule has 0 spiro atoms. The van der Waals surface area contributed by atoms with Crippen LogP contribution in [0.25, 0.3) is 0 Å². The van der Waals surface area contributed by atoms with Crippen LogP contribution in [0.4, 0.5) is 17.1 Å². The Labute approximate surface area is 95.3 Å². The van der Waals surface area contributed by atoms with Gasteiger partial charge in [0.1, 0.15) is 5.69 Å². The molecule has 0 bridgehead atoms. The summed E-state index contributed by atoms with van der Waals surface area (Å²) in [6, 6.07) is 3.41. The van der Waals surface area contributed by atoms with Crippen LogP contribution in [0.5, 0.6) is 0 Å². The van der Waals surface area contributed by atoms with Crippen molar-refractivity contribution in [2.24, 2.45) is 0 Å². The molecule has 0 fully saturated rings. The molecule has 0 radical (unpaired) electrons. The fraction of sp³-hybridized carbons (Fsp3) is 0.250. The molecule has 0 unspecified atom stereocenters. The van der Waals surface area contributed by atoms with Crippen LogP contribution in [0.1, 0.15) is 0 Å². The highest BCUT2D eigenvalue weighted by molar-refractivity contribution is 6.18. The van der Waals surface area contributed by atoms with Gasteiger partial charge in [-0.05, 0) is 6.07 Å². The molecule has 0 aliphatic heterocycles. The van der Waals surface area contributed by atoms with Gasteiger partial charge in [0.2, 0.25) is 0 Å². The Morgan fingerprint density at radius 1 is 1.25 bits per heavy atom. The molecule has 8 heteroatoms. The number of benzene rings is 1. The first-order chi connectivity index (χ1) is 7.56. The van der Waals surface area contributed by atoms with Crippen LogP contribution in [-0.2, 0) is 0 Å². The van der Waals surface area contributed by atoms with Gasteiger partial charge in [0, 0.05) is 18.5 Å². The number of anilines is 1. The lowest BCUT2D eigenvalue weighted by Gasteiger charge is -2.04. The van der Waals surface area contributed by atoms with Gasteiger partial charge in [0.25, 0.3) is 11.4 Å². The number of nitrogens with one attached hydrogen (secondary N) is 1. The number of hydrogen-bond donors (Lipinski definition) is 1. The second-order valence-electron chi connectivity index (χ2n) is 2.83. The highest BCUT2D eigenvalue weighted by atomic mass is 35.5. The summed E-state index contributed by atoms with van der Waals surface area (Å²) in [4.78, 5) is 19.8. The summed E-state index contributed by atoms with van der Waals surface area (Å²) in [5.41, 5.74) is -0.432. The molecule has 0 aliphatic carbocycles. The van der Waals surface area contributed by atoms with Gasteiger partial charge >= 0.3 is 0 Å². The molecule has 0 aromatic heterocycles. The van der Waals surface area contributed by atoms with Gasteiger partial charge in [-0.2, -0.15) is 0 Å². The van der Waals surface area contributed by atoms with Crippen LogP contribution in [0.3, 0.4) is 0 Å². The van der Waals surface area contributed by atoms with Gasteiger partial charge < -0.3 is 5.32 Å². The highest BCUT2D eigenvalue weighted by Crippen LogP contribution is 2.28. The maximum atomic E-state index is 10.7. The lowest BCUT2D eigenvalue weighted by atomic mass is 10.2. The third-order valence-electron chi connectivity index (χ3n) is 1.80. The number of nitro benzene ring substituents is 2. The molecule has 0 amide bonds. The molecular formula is C8H8ClN3O4. The van der Waals surface area contributed by atoms with Crippen molar-refractivity contribution in [2.75, 3.05) is 17.7 Å². The second kappa shape index (κ2) is 5.26. The van der Waals surface area contributed by atoms with E-state index in [2.05, 4.69) is 5.32 Å². The van der Waals surface area contributed by atoms with Crippen molar-refractivity contribution in [1.82, 2.24) is 0 Å². The average Bonchev–Trinajstić information content (AvgIpc) is 2.25. The Morgan fingerprint density at radius 2 is 1.94 bits per heavy atom. The van der Waals surface area contributed by atoms with E-state index in [0.29, 0.717) is 6.54 Å². The van der Waals surface area contributed by atoms with Gasteiger partial charge in [0.05, 0.1) is 15.9 Å². The molecule has 0 saturated heterocycles. The number of alkyl halides is 1. The lowest BCUT2D eigenvalue weighted by molar-refractivity contribution is -0.393. The van der Waals surface area contributed by atoms with E-state index in [9.17, 15) is 20.2 Å². The first-order valence-electron chi connectivity index (χ1n) is 4.29. The molecule has 0 aliphatic rings. The number of halogens is 1. The van der Waals surface area contributed by atoms with Crippen molar-refractivity contribution >= 4 is 28.7 Å². The van der Waals surface area contributed by atoms with Crippen molar-refractivity contribution < 1.29 is 9.85 Å². The molecule has 0 saturated carbocycles. The van der Waals surface area contributed by atoms with Crippen molar-refractivity contribution in [2.45, 2.75) is 0 Å². The van der Waals surface area contributed by atoms with E-state index in [1.165, 1.54) is 12.1 Å². The van der Waals surface area contributed by atoms with E-state index in [4.69, 9.17) is 11.6 Å². The zero-order valence-corrected chi connectivity index (χ0v) is 8.81. The SMILES string of the molecule is O=[N+]([O-])c1ccc(NCCCl)c([N+](=O)[O-])c1. The Morgan fingerprint density at radius 3 is 2.44 bits per heavy atom. The fourth-order valence-corrected chi connectivity index (χ4v) is 1.21. The highest BCUT2D eigenvalue weighted by Gasteiger charge is 2.18. The standard InChI is InChI=1S/C8H8ClN3O4/c9-3-4-10-7-2-1-6(11(13)14)5-8(7)12(15)16/h1-2,5,10H,3-4H2. The zero-order chi connectivity index (χ0) is 12.1. The predicted molar refractivity (Wildman–Crippen MR) is 59.0 cm³/mol. The summed E-state index contributed by atoms with van der Waals surface area (Å²) in [7, 11) is 0. The third-order valence-corrected chi connectivity index (χ3v) is 1.99. The van der Waals surface area contributed by atoms with Crippen LogP contribution < -0.4 is 5.32 Å². The molecule has 16 heavy (non-hydrogen) atoms. The minimum absolute atomic E-state index is 0.219. The van der Waals surface area contributed by atoms with Gasteiger partial charge in [-0.15, -0.1) is 11.6 Å². The van der Waals surface area contributed by atoms with Crippen LogP contribution in [0, 0.1) is 20.2 Å². The largest absolute Gasteiger partial charge is 0.378 e. The number of nitro groups is 2. The minimum Gasteiger partial charge on any atom is -0.378 e. The van der Waals surface area contributed by atoms with Crippen LogP contribution in [-0.4, -0.2) is 22.3 Å². The fourth-order valence-electron chi connectivity index (χ4n) is 1.12. The maximum absolute atomic E-state index is 10.7. The summed E-state index contributed by atoms with van der Waals surface area (Å²) in [6.07, 6.45) is 0. The molecule has 0 heterocycles. The normalized spacial score (nSPS) is 9.81. The van der Waals surface area contributed by atoms with Crippen LogP contribution in [0.2, 0.25) is 0 Å². The third kappa shape index (κ3) is 2.80. The molecule has 1 rings (SSSR count). The van der Waals surface area contributed by atoms with Gasteiger partial charge in [-0.3, -0.25) is 20.2 Å². The number of rotatable bonds is 5. The van der Waals surface area contributed by atoms with E-state index in [0.717, 1.165) is 6.07 Å². The monoisotopic (exact) mass is 245 g/mol. The number of nitrogens with zero attached hydrogens (tertiary/aromatic N) is 2. The van der Waals surface area contributed by atoms with E-state index in [1.807, 2.05) is 0 Å². The molecule has 86 valence electrons. The molecule has 7 nitrogen and oxygen atoms in total. The Hall–Kier alpha value is -1.89. The topological polar surface area (TPSA) is 98.3 Å². The van der Waals surface area contributed by atoms with Gasteiger partial charge in [0.15, 0.2) is 0 Å². The maximum Gasteiger partial charge on any atom is 0.299 e. The van der Waals surface area contributed by atoms with Gasteiger partial charge in [-0.25, -0.2) is 0 Å². The molecule has 0 atom stereocenters. The molecule has 1 aromatic rings. The lowest BCUT2D eigenvalue weighted by Crippen LogP contribution is -2.05. The first kappa shape index (κ1) is 12.2. The quantitative estimate of drug-likeness (QED) is 0.487. The van der Waals surface area contributed by atoms with E-state index >= 15 is 0 Å². The molecular weight excluding hydrogens is 238 g/mol. The molecule has 1 aromatic carbocycles. The van der Waals surface area contributed by atoms with Crippen molar-refractivity contribution in [3.05, 3.63) is 38.4 Å². The summed E-state index contributed by atoms with van der Waals surface area (Å²) < 4.78 is 0. The van der Waals surface area contributed by atoms with Gasteiger partial charge in [-0.1, -0.05) is 0 Å². The zero-order valence-electron chi connectivity index (χ0n) is 8.05. The average molecular weight is 246 g/mol. The summed E-state index contributed by atoms with van der Waals surface area (Å²) in [5.74, 6) is 0.286. The first-order valence-corrected chi connectivity index (χ1v) is 4.82. The summed E-state index contributed by atoms with van der Waals surface area (Å²) >= 11 is 5.42. The van der Waals surface area contributed by atoms with E-state index in [1.54, 1.807) is 0 Å². The second-order valence-corrected chi connectivity index (χ2v) is 3.21. The van der Waals surface area contributed by atoms with Crippen LogP contribution in [0.15, 0.2) is 18.2 Å². The Balaban J connectivity index is 3.09. The van der Waals surface area contributed by atoms with Crippen LogP contribution >= 0.6 is 11.6 Å². The van der Waals surface area contributed by atoms with Crippen molar-refractivity contribution in [3.63, 3.8) is 0 Å². The predicted octanol–water partition coefficient (Wildman–Crippen LogP) is 2.15. The smallest absolute Gasteiger partial charge is 0.299 e. The Bertz CT molecular complexity index is 424. The van der Waals surface area contributed by atoms with E-state index in [-0.39, 0.29) is 22.9 Å². The van der Waals surface area contributed by atoms with E-state index < -0.39 is 9.85 Å².